The average Bonchev–Trinajstić information content (AvgIpc) is 2.44. The van der Waals surface area contributed by atoms with E-state index in [0.29, 0.717) is 25.3 Å². The van der Waals surface area contributed by atoms with Crippen molar-refractivity contribution in [3.05, 3.63) is 29.8 Å². The Morgan fingerprint density at radius 1 is 1.20 bits per heavy atom. The van der Waals surface area contributed by atoms with Gasteiger partial charge in [0.25, 0.3) is 5.91 Å². The van der Waals surface area contributed by atoms with Crippen LogP contribution in [0.5, 0.6) is 5.75 Å². The van der Waals surface area contributed by atoms with Crippen LogP contribution < -0.4 is 10.1 Å². The van der Waals surface area contributed by atoms with Crippen molar-refractivity contribution in [3.8, 4) is 5.75 Å². The summed E-state index contributed by atoms with van der Waals surface area (Å²) in [5.74, 6) is 0.712. The zero-order valence-electron chi connectivity index (χ0n) is 12.5. The topological polar surface area (TPSA) is 50.8 Å². The number of carbonyl (C=O) groups is 1. The average molecular weight is 280 g/mol. The fraction of sp³-hybridized carbons (Fsp3) is 0.533. The Bertz CT molecular complexity index is 391. The smallest absolute Gasteiger partial charge is 0.251 e. The summed E-state index contributed by atoms with van der Waals surface area (Å²) in [5, 5.41) is 2.84. The number of methoxy groups -OCH3 is 1. The van der Waals surface area contributed by atoms with Crippen LogP contribution in [0.4, 0.5) is 0 Å². The minimum atomic E-state index is -0.0686. The van der Waals surface area contributed by atoms with Gasteiger partial charge in [0.15, 0.2) is 0 Å². The highest BCUT2D eigenvalue weighted by Crippen LogP contribution is 2.12. The first-order valence-corrected chi connectivity index (χ1v) is 6.78. The number of benzene rings is 1. The van der Waals surface area contributed by atoms with Gasteiger partial charge < -0.3 is 19.7 Å². The third-order valence-electron chi connectivity index (χ3n) is 2.73. The summed E-state index contributed by atoms with van der Waals surface area (Å²) < 4.78 is 10.5. The van der Waals surface area contributed by atoms with Crippen LogP contribution in [0.15, 0.2) is 24.3 Å². The van der Waals surface area contributed by atoms with Crippen LogP contribution >= 0.6 is 0 Å². The molecule has 1 aromatic carbocycles. The molecule has 0 saturated heterocycles. The predicted molar refractivity (Wildman–Crippen MR) is 79.3 cm³/mol. The lowest BCUT2D eigenvalue weighted by Gasteiger charge is -2.11. The fourth-order valence-corrected chi connectivity index (χ4v) is 1.57. The summed E-state index contributed by atoms with van der Waals surface area (Å²) in [6.45, 7) is 2.77. The van der Waals surface area contributed by atoms with Crippen LogP contribution in [-0.4, -0.2) is 58.3 Å². The molecule has 1 N–H and O–H groups in total. The number of hydrogen-bond donors (Lipinski definition) is 1. The van der Waals surface area contributed by atoms with E-state index in [0.717, 1.165) is 18.7 Å². The molecule has 0 aliphatic heterocycles. The van der Waals surface area contributed by atoms with Crippen LogP contribution in [-0.2, 0) is 4.74 Å². The van der Waals surface area contributed by atoms with Crippen molar-refractivity contribution >= 4 is 5.91 Å². The molecule has 0 saturated carbocycles. The Hall–Kier alpha value is -1.59. The van der Waals surface area contributed by atoms with E-state index in [1.165, 1.54) is 0 Å². The summed E-state index contributed by atoms with van der Waals surface area (Å²) in [6.07, 6.45) is 0.813. The van der Waals surface area contributed by atoms with Gasteiger partial charge in [0.2, 0.25) is 0 Å². The summed E-state index contributed by atoms with van der Waals surface area (Å²) in [5.41, 5.74) is 0.641. The molecule has 20 heavy (non-hydrogen) atoms. The monoisotopic (exact) mass is 280 g/mol. The zero-order valence-corrected chi connectivity index (χ0v) is 12.5. The number of nitrogens with one attached hydrogen (secondary N) is 1. The second-order valence-electron chi connectivity index (χ2n) is 4.78. The molecule has 0 heterocycles. The van der Waals surface area contributed by atoms with E-state index in [1.54, 1.807) is 19.2 Å². The number of amides is 1. The van der Waals surface area contributed by atoms with Crippen molar-refractivity contribution in [2.75, 3.05) is 47.5 Å². The van der Waals surface area contributed by atoms with Crippen LogP contribution in [0, 0.1) is 0 Å². The highest BCUT2D eigenvalue weighted by molar-refractivity contribution is 5.94. The largest absolute Gasteiger partial charge is 0.492 e. The van der Waals surface area contributed by atoms with E-state index in [2.05, 4.69) is 10.2 Å². The molecule has 5 heteroatoms. The summed E-state index contributed by atoms with van der Waals surface area (Å²) in [4.78, 5) is 13.9. The maximum atomic E-state index is 11.8. The highest BCUT2D eigenvalue weighted by Gasteiger charge is 2.04. The molecule has 0 spiro atoms. The SMILES string of the molecule is COCCCNC(=O)c1ccc(OCCN(C)C)cc1. The van der Waals surface area contributed by atoms with E-state index in [9.17, 15) is 4.79 Å². The van der Waals surface area contributed by atoms with Crippen molar-refractivity contribution < 1.29 is 14.3 Å². The van der Waals surface area contributed by atoms with Crippen molar-refractivity contribution in [1.82, 2.24) is 10.2 Å². The van der Waals surface area contributed by atoms with Gasteiger partial charge in [-0.2, -0.15) is 0 Å². The van der Waals surface area contributed by atoms with E-state index in [4.69, 9.17) is 9.47 Å². The first kappa shape index (κ1) is 16.5. The van der Waals surface area contributed by atoms with Crippen molar-refractivity contribution in [2.24, 2.45) is 0 Å². The zero-order chi connectivity index (χ0) is 14.8. The molecule has 1 amide bonds. The van der Waals surface area contributed by atoms with E-state index in [1.807, 2.05) is 26.2 Å². The molecule has 1 aromatic rings. The molecule has 0 radical (unpaired) electrons. The first-order chi connectivity index (χ1) is 9.63. The lowest BCUT2D eigenvalue weighted by atomic mass is 10.2. The van der Waals surface area contributed by atoms with Crippen molar-refractivity contribution in [2.45, 2.75) is 6.42 Å². The van der Waals surface area contributed by atoms with Gasteiger partial charge in [0.1, 0.15) is 12.4 Å². The Balaban J connectivity index is 2.35. The van der Waals surface area contributed by atoms with Gasteiger partial charge >= 0.3 is 0 Å². The quantitative estimate of drug-likeness (QED) is 0.695. The third kappa shape index (κ3) is 6.54. The molecule has 112 valence electrons. The molecule has 0 aliphatic carbocycles. The molecular weight excluding hydrogens is 256 g/mol. The standard InChI is InChI=1S/C15H24N2O3/c1-17(2)10-12-20-14-7-5-13(6-8-14)15(18)16-9-4-11-19-3/h5-8H,4,9-12H2,1-3H3,(H,16,18). The highest BCUT2D eigenvalue weighted by atomic mass is 16.5. The molecule has 5 nitrogen and oxygen atoms in total. The van der Waals surface area contributed by atoms with Crippen LogP contribution in [0.25, 0.3) is 0 Å². The molecule has 0 aliphatic rings. The van der Waals surface area contributed by atoms with E-state index < -0.39 is 0 Å². The number of carbonyl (C=O) groups excluding carboxylic acids is 1. The molecule has 0 unspecified atom stereocenters. The number of ether oxygens (including phenoxy) is 2. The number of rotatable bonds is 9. The molecule has 1 rings (SSSR count). The molecule has 0 atom stereocenters. The maximum absolute atomic E-state index is 11.8. The second kappa shape index (κ2) is 9.34. The Labute approximate surface area is 120 Å². The third-order valence-corrected chi connectivity index (χ3v) is 2.73. The molecular formula is C15H24N2O3. The Morgan fingerprint density at radius 3 is 2.50 bits per heavy atom. The summed E-state index contributed by atoms with van der Waals surface area (Å²) in [6, 6.07) is 7.19. The minimum Gasteiger partial charge on any atom is -0.492 e. The van der Waals surface area contributed by atoms with Crippen molar-refractivity contribution in [3.63, 3.8) is 0 Å². The van der Waals surface area contributed by atoms with Crippen LogP contribution in [0.2, 0.25) is 0 Å². The fourth-order valence-electron chi connectivity index (χ4n) is 1.57. The van der Waals surface area contributed by atoms with Gasteiger partial charge in [-0.25, -0.2) is 0 Å². The molecule has 0 bridgehead atoms. The first-order valence-electron chi connectivity index (χ1n) is 6.78. The number of hydrogen-bond acceptors (Lipinski definition) is 4. The van der Waals surface area contributed by atoms with Crippen LogP contribution in [0.1, 0.15) is 16.8 Å². The minimum absolute atomic E-state index is 0.0686. The Kier molecular flexibility index (Phi) is 7.69. The predicted octanol–water partition coefficient (Wildman–Crippen LogP) is 1.39. The van der Waals surface area contributed by atoms with E-state index in [-0.39, 0.29) is 5.91 Å². The van der Waals surface area contributed by atoms with Gasteiger partial charge in [0.05, 0.1) is 0 Å². The summed E-state index contributed by atoms with van der Waals surface area (Å²) in [7, 11) is 5.65. The van der Waals surface area contributed by atoms with Gasteiger partial charge in [-0.15, -0.1) is 0 Å². The molecule has 0 fully saturated rings. The maximum Gasteiger partial charge on any atom is 0.251 e. The van der Waals surface area contributed by atoms with E-state index >= 15 is 0 Å². The normalized spacial score (nSPS) is 10.6. The molecule has 0 aromatic heterocycles. The van der Waals surface area contributed by atoms with Gasteiger partial charge in [-0.05, 0) is 44.8 Å². The Morgan fingerprint density at radius 2 is 1.90 bits per heavy atom. The number of nitrogens with zero attached hydrogens (tertiary/aromatic N) is 1. The summed E-state index contributed by atoms with van der Waals surface area (Å²) >= 11 is 0. The van der Waals surface area contributed by atoms with Gasteiger partial charge in [0, 0.05) is 32.4 Å². The lowest BCUT2D eigenvalue weighted by Crippen LogP contribution is -2.25. The second-order valence-corrected chi connectivity index (χ2v) is 4.78. The lowest BCUT2D eigenvalue weighted by molar-refractivity contribution is 0.0948. The van der Waals surface area contributed by atoms with Gasteiger partial charge in [-0.1, -0.05) is 0 Å². The van der Waals surface area contributed by atoms with Crippen molar-refractivity contribution in [1.29, 1.82) is 0 Å². The van der Waals surface area contributed by atoms with Crippen LogP contribution in [0.3, 0.4) is 0 Å². The van der Waals surface area contributed by atoms with Gasteiger partial charge in [-0.3, -0.25) is 4.79 Å². The number of likely N-dealkylation sites (N-methyl/N-ethyl adjacent to an activating group) is 1.